The van der Waals surface area contributed by atoms with E-state index in [-0.39, 0.29) is 5.91 Å². The van der Waals surface area contributed by atoms with Gasteiger partial charge < -0.3 is 15.0 Å². The average molecular weight is 279 g/mol. The molecule has 1 rings (SSSR count). The highest BCUT2D eigenvalue weighted by Gasteiger charge is 2.25. The molecule has 1 aliphatic rings. The molecular formula is C11H16Cl2N2O2. The smallest absolute Gasteiger partial charge is 0.262 e. The lowest BCUT2D eigenvalue weighted by Gasteiger charge is -2.27. The molecule has 0 saturated heterocycles. The van der Waals surface area contributed by atoms with Crippen LogP contribution in [0.1, 0.15) is 13.8 Å². The van der Waals surface area contributed by atoms with Gasteiger partial charge in [0.1, 0.15) is 10.2 Å². The van der Waals surface area contributed by atoms with Crippen molar-refractivity contribution in [1.29, 1.82) is 0 Å². The topological polar surface area (TPSA) is 41.6 Å². The predicted molar refractivity (Wildman–Crippen MR) is 68.7 cm³/mol. The summed E-state index contributed by atoms with van der Waals surface area (Å²) in [6.07, 6.45) is 2.77. The van der Waals surface area contributed by atoms with Gasteiger partial charge in [-0.1, -0.05) is 23.2 Å². The van der Waals surface area contributed by atoms with E-state index in [1.165, 1.54) is 4.90 Å². The molecule has 2 unspecified atom stereocenters. The first-order valence-corrected chi connectivity index (χ1v) is 5.92. The predicted octanol–water partition coefficient (Wildman–Crippen LogP) is 2.00. The first-order chi connectivity index (χ1) is 7.73. The molecule has 96 valence electrons. The zero-order valence-electron chi connectivity index (χ0n) is 10.3. The number of alkyl halides is 1. The van der Waals surface area contributed by atoms with Gasteiger partial charge in [-0.05, 0) is 26.0 Å². The molecule has 1 N–H and O–H groups in total. The van der Waals surface area contributed by atoms with E-state index in [0.717, 1.165) is 0 Å². The zero-order chi connectivity index (χ0) is 13.2. The van der Waals surface area contributed by atoms with E-state index in [0.29, 0.717) is 10.9 Å². The van der Waals surface area contributed by atoms with Gasteiger partial charge in [0, 0.05) is 14.1 Å². The third-order valence-corrected chi connectivity index (χ3v) is 2.71. The normalized spacial score (nSPS) is 25.3. The fourth-order valence-electron chi connectivity index (χ4n) is 1.32. The van der Waals surface area contributed by atoms with Crippen LogP contribution in [0, 0.1) is 0 Å². The Morgan fingerprint density at radius 2 is 2.18 bits per heavy atom. The fourth-order valence-corrected chi connectivity index (χ4v) is 1.83. The summed E-state index contributed by atoms with van der Waals surface area (Å²) in [5.74, 6) is 0.280. The van der Waals surface area contributed by atoms with Crippen molar-refractivity contribution in [2.45, 2.75) is 24.9 Å². The summed E-state index contributed by atoms with van der Waals surface area (Å²) in [7, 11) is 3.34. The first kappa shape index (κ1) is 14.2. The van der Waals surface area contributed by atoms with E-state index in [1.54, 1.807) is 40.1 Å². The molecule has 4 nitrogen and oxygen atoms in total. The number of nitrogens with zero attached hydrogens (tertiary/aromatic N) is 1. The van der Waals surface area contributed by atoms with E-state index in [2.05, 4.69) is 5.32 Å². The molecule has 0 aromatic rings. The van der Waals surface area contributed by atoms with Crippen molar-refractivity contribution in [3.8, 4) is 0 Å². The van der Waals surface area contributed by atoms with Crippen molar-refractivity contribution < 1.29 is 9.53 Å². The van der Waals surface area contributed by atoms with Crippen molar-refractivity contribution in [1.82, 2.24) is 10.2 Å². The molecule has 0 radical (unpaired) electrons. The van der Waals surface area contributed by atoms with Crippen LogP contribution in [0.4, 0.5) is 0 Å². The molecule has 0 bridgehead atoms. The minimum Gasteiger partial charge on any atom is -0.478 e. The number of amides is 1. The number of carbonyl (C=O) groups excluding carboxylic acids is 1. The SMILES string of the molecule is CC(OC1=C(Cl)NC(C)(Cl)C=C1)C(=O)N(C)C. The van der Waals surface area contributed by atoms with Gasteiger partial charge in [-0.25, -0.2) is 0 Å². The molecule has 17 heavy (non-hydrogen) atoms. The number of ether oxygens (including phenoxy) is 1. The highest BCUT2D eigenvalue weighted by Crippen LogP contribution is 2.25. The zero-order valence-corrected chi connectivity index (χ0v) is 11.8. The van der Waals surface area contributed by atoms with Gasteiger partial charge in [0.25, 0.3) is 5.91 Å². The van der Waals surface area contributed by atoms with Gasteiger partial charge >= 0.3 is 0 Å². The summed E-state index contributed by atoms with van der Waals surface area (Å²) in [4.78, 5) is 12.4. The van der Waals surface area contributed by atoms with Gasteiger partial charge in [-0.2, -0.15) is 0 Å². The Bertz CT molecular complexity index is 376. The van der Waals surface area contributed by atoms with Gasteiger partial charge in [0.2, 0.25) is 0 Å². The van der Waals surface area contributed by atoms with Gasteiger partial charge in [-0.3, -0.25) is 4.79 Å². The van der Waals surface area contributed by atoms with Crippen molar-refractivity contribution >= 4 is 29.1 Å². The van der Waals surface area contributed by atoms with Crippen molar-refractivity contribution in [3.05, 3.63) is 23.1 Å². The summed E-state index contributed by atoms with van der Waals surface area (Å²) in [5, 5.41) is 3.15. The van der Waals surface area contributed by atoms with E-state index >= 15 is 0 Å². The molecule has 1 aliphatic heterocycles. The Kier molecular flexibility index (Phi) is 4.33. The van der Waals surface area contributed by atoms with Gasteiger partial charge in [0.05, 0.1) is 0 Å². The van der Waals surface area contributed by atoms with Crippen molar-refractivity contribution in [3.63, 3.8) is 0 Å². The fraction of sp³-hybridized carbons (Fsp3) is 0.545. The summed E-state index contributed by atoms with van der Waals surface area (Å²) < 4.78 is 5.47. The monoisotopic (exact) mass is 278 g/mol. The molecule has 0 spiro atoms. The lowest BCUT2D eigenvalue weighted by atomic mass is 10.2. The van der Waals surface area contributed by atoms with E-state index in [4.69, 9.17) is 27.9 Å². The molecule has 0 fully saturated rings. The third-order valence-electron chi connectivity index (χ3n) is 2.21. The number of carbonyl (C=O) groups is 1. The number of halogens is 2. The Balaban J connectivity index is 2.71. The maximum absolute atomic E-state index is 11.6. The second-order valence-corrected chi connectivity index (χ2v) is 5.37. The standard InChI is InChI=1S/C11H16Cl2N2O2/c1-7(10(16)15(3)4)17-8-5-6-11(2,13)14-9(8)12/h5-7,14H,1-4H3. The quantitative estimate of drug-likeness (QED) is 0.634. The summed E-state index contributed by atoms with van der Waals surface area (Å²) in [6.45, 7) is 3.43. The second kappa shape index (κ2) is 5.19. The Hall–Kier alpha value is -0.870. The van der Waals surface area contributed by atoms with E-state index < -0.39 is 11.1 Å². The van der Waals surface area contributed by atoms with Gasteiger partial charge in [0.15, 0.2) is 11.9 Å². The number of allylic oxidation sites excluding steroid dienone is 1. The molecule has 0 saturated carbocycles. The largest absolute Gasteiger partial charge is 0.478 e. The number of likely N-dealkylation sites (N-methyl/N-ethyl adjacent to an activating group) is 1. The third kappa shape index (κ3) is 3.82. The number of hydrogen-bond acceptors (Lipinski definition) is 3. The van der Waals surface area contributed by atoms with Gasteiger partial charge in [-0.15, -0.1) is 0 Å². The van der Waals surface area contributed by atoms with Crippen LogP contribution >= 0.6 is 23.2 Å². The summed E-state index contributed by atoms with van der Waals surface area (Å²) in [5.41, 5.74) is 0. The number of hydrogen-bond donors (Lipinski definition) is 1. The van der Waals surface area contributed by atoms with Crippen molar-refractivity contribution in [2.24, 2.45) is 0 Å². The lowest BCUT2D eigenvalue weighted by molar-refractivity contribution is -0.137. The number of rotatable bonds is 3. The molecule has 1 amide bonds. The summed E-state index contributed by atoms with van der Waals surface area (Å²) in [6, 6.07) is 0. The van der Waals surface area contributed by atoms with Crippen LogP contribution in [0.25, 0.3) is 0 Å². The van der Waals surface area contributed by atoms with E-state index in [9.17, 15) is 4.79 Å². The second-order valence-electron chi connectivity index (χ2n) is 4.20. The van der Waals surface area contributed by atoms with Crippen molar-refractivity contribution in [2.75, 3.05) is 14.1 Å². The average Bonchev–Trinajstić information content (AvgIpc) is 2.20. The molecular weight excluding hydrogens is 263 g/mol. The molecule has 1 heterocycles. The Labute approximate surface area is 111 Å². The lowest BCUT2D eigenvalue weighted by Crippen LogP contribution is -2.37. The number of nitrogens with one attached hydrogen (secondary N) is 1. The Morgan fingerprint density at radius 3 is 2.65 bits per heavy atom. The molecule has 2 atom stereocenters. The highest BCUT2D eigenvalue weighted by atomic mass is 35.5. The van der Waals surface area contributed by atoms with Crippen LogP contribution in [-0.2, 0) is 9.53 Å². The highest BCUT2D eigenvalue weighted by molar-refractivity contribution is 6.31. The molecule has 0 aromatic heterocycles. The van der Waals surface area contributed by atoms with Crippen LogP contribution in [0.2, 0.25) is 0 Å². The Morgan fingerprint density at radius 1 is 1.59 bits per heavy atom. The number of dihydropyridines is 1. The molecule has 0 aromatic carbocycles. The summed E-state index contributed by atoms with van der Waals surface area (Å²) >= 11 is 12.0. The minimum absolute atomic E-state index is 0.130. The maximum Gasteiger partial charge on any atom is 0.262 e. The van der Waals surface area contributed by atoms with Crippen LogP contribution in [0.3, 0.4) is 0 Å². The molecule has 0 aliphatic carbocycles. The van der Waals surface area contributed by atoms with E-state index in [1.807, 2.05) is 0 Å². The van der Waals surface area contributed by atoms with Crippen LogP contribution in [0.5, 0.6) is 0 Å². The van der Waals surface area contributed by atoms with Crippen LogP contribution < -0.4 is 5.32 Å². The van der Waals surface area contributed by atoms with Crippen LogP contribution in [-0.4, -0.2) is 36.0 Å². The molecule has 6 heteroatoms. The minimum atomic E-state index is -0.723. The maximum atomic E-state index is 11.6. The van der Waals surface area contributed by atoms with Crippen LogP contribution in [0.15, 0.2) is 23.1 Å². The first-order valence-electron chi connectivity index (χ1n) is 5.17.